The molecule has 1 rings (SSSR count). The number of hydrogen-bond acceptors (Lipinski definition) is 2. The molecule has 2 N–H and O–H groups in total. The zero-order chi connectivity index (χ0) is 8.27. The van der Waals surface area contributed by atoms with Gasteiger partial charge in [0.2, 0.25) is 5.83 Å². The first kappa shape index (κ1) is 8.20. The van der Waals surface area contributed by atoms with Gasteiger partial charge in [0, 0.05) is 6.54 Å². The fourth-order valence-corrected chi connectivity index (χ4v) is 1.10. The van der Waals surface area contributed by atoms with E-state index in [0.29, 0.717) is 6.54 Å². The van der Waals surface area contributed by atoms with Crippen molar-refractivity contribution in [2.45, 2.75) is 6.42 Å². The fraction of sp³-hybridized carbons (Fsp3) is 0.571. The Balaban J connectivity index is 2.49. The van der Waals surface area contributed by atoms with Gasteiger partial charge in [-0.1, -0.05) is 0 Å². The summed E-state index contributed by atoms with van der Waals surface area (Å²) < 4.78 is 12.4. The van der Waals surface area contributed by atoms with Crippen molar-refractivity contribution in [3.63, 3.8) is 0 Å². The summed E-state index contributed by atoms with van der Waals surface area (Å²) in [5.41, 5.74) is 0. The first-order valence-electron chi connectivity index (χ1n) is 3.51. The third-order valence-electron chi connectivity index (χ3n) is 1.68. The van der Waals surface area contributed by atoms with Gasteiger partial charge in [0.25, 0.3) is 0 Å². The second-order valence-corrected chi connectivity index (χ2v) is 2.57. The van der Waals surface area contributed by atoms with Crippen LogP contribution in [0.15, 0.2) is 11.9 Å². The molecule has 0 amide bonds. The molecule has 0 aromatic carbocycles. The summed E-state index contributed by atoms with van der Waals surface area (Å²) in [7, 11) is 0. The summed E-state index contributed by atoms with van der Waals surface area (Å²) in [4.78, 5) is 10.0. The third kappa shape index (κ3) is 2.31. The highest BCUT2D eigenvalue weighted by atomic mass is 19.1. The van der Waals surface area contributed by atoms with E-state index in [4.69, 9.17) is 5.11 Å². The molecule has 0 aromatic heterocycles. The van der Waals surface area contributed by atoms with Crippen molar-refractivity contribution < 1.29 is 14.3 Å². The highest BCUT2D eigenvalue weighted by Gasteiger charge is 2.15. The SMILES string of the molecule is O=C(O)/C(F)=C/C1CCNC1. The van der Waals surface area contributed by atoms with Gasteiger partial charge in [-0.05, 0) is 25.0 Å². The molecule has 11 heavy (non-hydrogen) atoms. The number of carboxylic acids is 1. The van der Waals surface area contributed by atoms with Crippen LogP contribution in [0.4, 0.5) is 4.39 Å². The zero-order valence-electron chi connectivity index (χ0n) is 6.01. The molecule has 3 nitrogen and oxygen atoms in total. The monoisotopic (exact) mass is 159 g/mol. The lowest BCUT2D eigenvalue weighted by Crippen LogP contribution is -2.08. The molecule has 1 atom stereocenters. The van der Waals surface area contributed by atoms with E-state index < -0.39 is 11.8 Å². The molecular weight excluding hydrogens is 149 g/mol. The van der Waals surface area contributed by atoms with E-state index in [-0.39, 0.29) is 5.92 Å². The molecule has 1 aliphatic rings. The van der Waals surface area contributed by atoms with Gasteiger partial charge < -0.3 is 10.4 Å². The summed E-state index contributed by atoms with van der Waals surface area (Å²) in [5.74, 6) is -2.47. The standard InChI is InChI=1S/C7H10FNO2/c8-6(7(10)11)3-5-1-2-9-4-5/h3,5,9H,1-2,4H2,(H,10,11)/b6-3-. The fourth-order valence-electron chi connectivity index (χ4n) is 1.10. The molecule has 1 fully saturated rings. The van der Waals surface area contributed by atoms with Gasteiger partial charge in [-0.15, -0.1) is 0 Å². The molecule has 1 unspecified atom stereocenters. The first-order chi connectivity index (χ1) is 5.20. The minimum Gasteiger partial charge on any atom is -0.476 e. The van der Waals surface area contributed by atoms with Crippen LogP contribution < -0.4 is 5.32 Å². The minimum absolute atomic E-state index is 0.0473. The van der Waals surface area contributed by atoms with Crippen molar-refractivity contribution in [2.24, 2.45) is 5.92 Å². The zero-order valence-corrected chi connectivity index (χ0v) is 6.01. The maximum absolute atomic E-state index is 12.4. The second kappa shape index (κ2) is 3.48. The van der Waals surface area contributed by atoms with Crippen LogP contribution in [-0.2, 0) is 4.79 Å². The lowest BCUT2D eigenvalue weighted by atomic mass is 10.1. The van der Waals surface area contributed by atoms with E-state index in [2.05, 4.69) is 5.32 Å². The third-order valence-corrected chi connectivity index (χ3v) is 1.68. The Morgan fingerprint density at radius 2 is 2.45 bits per heavy atom. The topological polar surface area (TPSA) is 49.3 Å². The van der Waals surface area contributed by atoms with Gasteiger partial charge >= 0.3 is 5.97 Å². The van der Waals surface area contributed by atoms with Crippen LogP contribution in [0.2, 0.25) is 0 Å². The number of carbonyl (C=O) groups is 1. The summed E-state index contributed by atoms with van der Waals surface area (Å²) in [5, 5.41) is 11.2. The number of aliphatic carboxylic acids is 1. The largest absolute Gasteiger partial charge is 0.476 e. The van der Waals surface area contributed by atoms with Crippen LogP contribution in [0.1, 0.15) is 6.42 Å². The normalized spacial score (nSPS) is 25.5. The van der Waals surface area contributed by atoms with Gasteiger partial charge in [0.15, 0.2) is 0 Å². The van der Waals surface area contributed by atoms with E-state index in [1.165, 1.54) is 6.08 Å². The summed E-state index contributed by atoms with van der Waals surface area (Å²) in [6.45, 7) is 1.52. The molecule has 1 aliphatic heterocycles. The minimum atomic E-state index is -1.48. The molecule has 0 saturated carbocycles. The number of rotatable bonds is 2. The average Bonchev–Trinajstić information content (AvgIpc) is 2.39. The Morgan fingerprint density at radius 3 is 2.91 bits per heavy atom. The molecule has 0 radical (unpaired) electrons. The van der Waals surface area contributed by atoms with Crippen molar-refractivity contribution in [1.82, 2.24) is 5.32 Å². The van der Waals surface area contributed by atoms with Crippen LogP contribution in [-0.4, -0.2) is 24.2 Å². The van der Waals surface area contributed by atoms with Gasteiger partial charge in [0.05, 0.1) is 0 Å². The Kier molecular flexibility index (Phi) is 2.59. The molecule has 62 valence electrons. The number of carboxylic acid groups (broad SMARTS) is 1. The van der Waals surface area contributed by atoms with E-state index in [1.807, 2.05) is 0 Å². The maximum atomic E-state index is 12.4. The highest BCUT2D eigenvalue weighted by Crippen LogP contribution is 2.12. The number of nitrogens with one attached hydrogen (secondary N) is 1. The van der Waals surface area contributed by atoms with Crippen LogP contribution in [0.3, 0.4) is 0 Å². The highest BCUT2D eigenvalue weighted by molar-refractivity contribution is 5.83. The summed E-state index contributed by atoms with van der Waals surface area (Å²) in [6, 6.07) is 0. The quantitative estimate of drug-likeness (QED) is 0.578. The molecule has 0 aliphatic carbocycles. The molecule has 1 saturated heterocycles. The van der Waals surface area contributed by atoms with Gasteiger partial charge in [0.1, 0.15) is 0 Å². The Bertz CT molecular complexity index is 185. The molecule has 0 bridgehead atoms. The Labute approximate surface area is 63.9 Å². The molecule has 4 heteroatoms. The first-order valence-corrected chi connectivity index (χ1v) is 3.51. The van der Waals surface area contributed by atoms with Gasteiger partial charge in [-0.3, -0.25) is 0 Å². The number of halogens is 1. The van der Waals surface area contributed by atoms with E-state index in [0.717, 1.165) is 13.0 Å². The van der Waals surface area contributed by atoms with Crippen LogP contribution in [0.5, 0.6) is 0 Å². The van der Waals surface area contributed by atoms with Crippen LogP contribution in [0.25, 0.3) is 0 Å². The van der Waals surface area contributed by atoms with Crippen molar-refractivity contribution in [1.29, 1.82) is 0 Å². The lowest BCUT2D eigenvalue weighted by Gasteiger charge is -1.98. The van der Waals surface area contributed by atoms with Crippen LogP contribution >= 0.6 is 0 Å². The van der Waals surface area contributed by atoms with Crippen molar-refractivity contribution >= 4 is 5.97 Å². The van der Waals surface area contributed by atoms with E-state index in [9.17, 15) is 9.18 Å². The van der Waals surface area contributed by atoms with Gasteiger partial charge in [-0.2, -0.15) is 4.39 Å². The van der Waals surface area contributed by atoms with E-state index in [1.54, 1.807) is 0 Å². The average molecular weight is 159 g/mol. The molecule has 0 aromatic rings. The Morgan fingerprint density at radius 1 is 1.73 bits per heavy atom. The molecular formula is C7H10FNO2. The van der Waals surface area contributed by atoms with Crippen LogP contribution in [0, 0.1) is 5.92 Å². The smallest absolute Gasteiger partial charge is 0.364 e. The Hall–Kier alpha value is -0.900. The maximum Gasteiger partial charge on any atom is 0.364 e. The summed E-state index contributed by atoms with van der Waals surface area (Å²) in [6.07, 6.45) is 1.99. The van der Waals surface area contributed by atoms with Crippen molar-refractivity contribution in [2.75, 3.05) is 13.1 Å². The van der Waals surface area contributed by atoms with E-state index >= 15 is 0 Å². The number of hydrogen-bond donors (Lipinski definition) is 2. The molecule has 1 heterocycles. The predicted molar refractivity (Wildman–Crippen MR) is 37.8 cm³/mol. The van der Waals surface area contributed by atoms with Crippen molar-refractivity contribution in [3.05, 3.63) is 11.9 Å². The van der Waals surface area contributed by atoms with Crippen molar-refractivity contribution in [3.8, 4) is 0 Å². The van der Waals surface area contributed by atoms with Gasteiger partial charge in [-0.25, -0.2) is 4.79 Å². The molecule has 0 spiro atoms. The second-order valence-electron chi connectivity index (χ2n) is 2.57. The summed E-state index contributed by atoms with van der Waals surface area (Å²) >= 11 is 0. The lowest BCUT2D eigenvalue weighted by molar-refractivity contribution is -0.134. The predicted octanol–water partition coefficient (Wildman–Crippen LogP) is 0.534.